The van der Waals surface area contributed by atoms with E-state index in [1.807, 2.05) is 0 Å². The Morgan fingerprint density at radius 1 is 0.952 bits per heavy atom. The Balaban J connectivity index is 2.03. The summed E-state index contributed by atoms with van der Waals surface area (Å²) in [4.78, 5) is 6.09. The predicted octanol–water partition coefficient (Wildman–Crippen LogP) is 1.10. The average molecular weight is 310 g/mol. The van der Waals surface area contributed by atoms with Gasteiger partial charge in [-0.15, -0.1) is 0 Å². The number of likely N-dealkylation sites (N-methyl/N-ethyl adjacent to an activating group) is 1. The first kappa shape index (κ1) is 18.7. The van der Waals surface area contributed by atoms with Gasteiger partial charge in [0.25, 0.3) is 0 Å². The minimum absolute atomic E-state index is 0.513. The van der Waals surface area contributed by atoms with Gasteiger partial charge in [-0.2, -0.15) is 13.2 Å². The van der Waals surface area contributed by atoms with Crippen molar-refractivity contribution in [2.24, 2.45) is 0 Å². The summed E-state index contributed by atoms with van der Waals surface area (Å²) in [5, 5.41) is 3.40. The monoisotopic (exact) mass is 310 g/mol. The maximum atomic E-state index is 12.3. The van der Waals surface area contributed by atoms with E-state index in [2.05, 4.69) is 29.0 Å². The first-order valence-electron chi connectivity index (χ1n) is 7.89. The highest BCUT2D eigenvalue weighted by Crippen LogP contribution is 2.17. The number of halogens is 3. The van der Waals surface area contributed by atoms with Crippen molar-refractivity contribution < 1.29 is 13.2 Å². The summed E-state index contributed by atoms with van der Waals surface area (Å²) in [7, 11) is 0. The first-order valence-corrected chi connectivity index (χ1v) is 7.89. The summed E-state index contributed by atoms with van der Waals surface area (Å²) >= 11 is 0. The number of hydrogen-bond acceptors (Lipinski definition) is 4. The molecule has 0 unspecified atom stereocenters. The highest BCUT2D eigenvalue weighted by atomic mass is 19.4. The van der Waals surface area contributed by atoms with Gasteiger partial charge < -0.3 is 10.2 Å². The molecular weight excluding hydrogens is 281 g/mol. The quantitative estimate of drug-likeness (QED) is 0.644. The van der Waals surface area contributed by atoms with Crippen molar-refractivity contribution in [1.82, 2.24) is 20.0 Å². The lowest BCUT2D eigenvalue weighted by molar-refractivity contribution is -0.149. The highest BCUT2D eigenvalue weighted by molar-refractivity contribution is 4.74. The fraction of sp³-hybridized carbons (Fsp3) is 1.00. The smallest absolute Gasteiger partial charge is 0.314 e. The van der Waals surface area contributed by atoms with Crippen molar-refractivity contribution >= 4 is 0 Å². The maximum absolute atomic E-state index is 12.3. The summed E-state index contributed by atoms with van der Waals surface area (Å²) in [6, 6.07) is 0. The van der Waals surface area contributed by atoms with Crippen LogP contribution < -0.4 is 5.32 Å². The molecule has 0 aromatic heterocycles. The molecule has 4 nitrogen and oxygen atoms in total. The number of piperazine rings is 1. The molecule has 1 saturated heterocycles. The molecule has 1 aliphatic heterocycles. The summed E-state index contributed by atoms with van der Waals surface area (Å²) < 4.78 is 36.8. The molecule has 0 radical (unpaired) electrons. The van der Waals surface area contributed by atoms with Gasteiger partial charge in [0, 0.05) is 52.4 Å². The van der Waals surface area contributed by atoms with Gasteiger partial charge in [-0.25, -0.2) is 0 Å². The van der Waals surface area contributed by atoms with Crippen molar-refractivity contribution in [3.8, 4) is 0 Å². The van der Waals surface area contributed by atoms with Crippen molar-refractivity contribution in [3.05, 3.63) is 0 Å². The summed E-state index contributed by atoms with van der Waals surface area (Å²) in [5.74, 6) is 0. The van der Waals surface area contributed by atoms with Crippen LogP contribution in [0.5, 0.6) is 0 Å². The van der Waals surface area contributed by atoms with Crippen molar-refractivity contribution in [2.75, 3.05) is 72.0 Å². The van der Waals surface area contributed by atoms with Crippen LogP contribution in [0.2, 0.25) is 0 Å². The van der Waals surface area contributed by atoms with Gasteiger partial charge in [0.05, 0.1) is 6.54 Å². The van der Waals surface area contributed by atoms with E-state index in [1.165, 1.54) is 4.90 Å². The third kappa shape index (κ3) is 8.60. The van der Waals surface area contributed by atoms with Crippen LogP contribution in [-0.2, 0) is 0 Å². The molecule has 0 atom stereocenters. The highest BCUT2D eigenvalue weighted by Gasteiger charge is 2.31. The largest absolute Gasteiger partial charge is 0.401 e. The lowest BCUT2D eigenvalue weighted by Crippen LogP contribution is -2.50. The molecule has 1 heterocycles. The van der Waals surface area contributed by atoms with E-state index in [1.54, 1.807) is 0 Å². The van der Waals surface area contributed by atoms with E-state index in [-0.39, 0.29) is 0 Å². The van der Waals surface area contributed by atoms with E-state index in [4.69, 9.17) is 0 Å². The van der Waals surface area contributed by atoms with Gasteiger partial charge in [-0.3, -0.25) is 9.80 Å². The Bertz CT molecular complexity index is 261. The minimum Gasteiger partial charge on any atom is -0.314 e. The van der Waals surface area contributed by atoms with Gasteiger partial charge in [0.2, 0.25) is 0 Å². The predicted molar refractivity (Wildman–Crippen MR) is 79.6 cm³/mol. The Morgan fingerprint density at radius 2 is 1.52 bits per heavy atom. The van der Waals surface area contributed by atoms with Crippen molar-refractivity contribution in [1.29, 1.82) is 0 Å². The van der Waals surface area contributed by atoms with E-state index in [0.29, 0.717) is 13.1 Å². The second kappa shape index (κ2) is 9.61. The molecule has 0 spiro atoms. The molecule has 0 aromatic carbocycles. The molecule has 1 aliphatic rings. The zero-order valence-corrected chi connectivity index (χ0v) is 13.3. The van der Waals surface area contributed by atoms with Crippen molar-refractivity contribution in [3.63, 3.8) is 0 Å². The van der Waals surface area contributed by atoms with Crippen LogP contribution in [0.1, 0.15) is 13.8 Å². The zero-order valence-electron chi connectivity index (χ0n) is 13.3. The van der Waals surface area contributed by atoms with Gasteiger partial charge >= 0.3 is 6.18 Å². The summed E-state index contributed by atoms with van der Waals surface area (Å²) in [5.41, 5.74) is 0. The molecule has 0 amide bonds. The van der Waals surface area contributed by atoms with Gasteiger partial charge in [0.15, 0.2) is 0 Å². The van der Waals surface area contributed by atoms with E-state index in [0.717, 1.165) is 52.4 Å². The molecule has 21 heavy (non-hydrogen) atoms. The number of hydrogen-bond donors (Lipinski definition) is 1. The van der Waals surface area contributed by atoms with Crippen LogP contribution in [0.25, 0.3) is 0 Å². The summed E-state index contributed by atoms with van der Waals surface area (Å²) in [6.45, 7) is 12.0. The van der Waals surface area contributed by atoms with Crippen LogP contribution in [0, 0.1) is 0 Å². The average Bonchev–Trinajstić information content (AvgIpc) is 2.43. The lowest BCUT2D eigenvalue weighted by Gasteiger charge is -2.35. The molecular formula is C14H29F3N4. The summed E-state index contributed by atoms with van der Waals surface area (Å²) in [6.07, 6.45) is -4.08. The molecule has 0 bridgehead atoms. The van der Waals surface area contributed by atoms with Gasteiger partial charge in [-0.1, -0.05) is 13.8 Å². The first-order chi connectivity index (χ1) is 9.94. The fourth-order valence-corrected chi connectivity index (χ4v) is 2.56. The molecule has 7 heteroatoms. The number of nitrogens with zero attached hydrogens (tertiary/aromatic N) is 3. The maximum Gasteiger partial charge on any atom is 0.401 e. The van der Waals surface area contributed by atoms with E-state index < -0.39 is 12.7 Å². The Labute approximate surface area is 126 Å². The molecule has 0 aliphatic carbocycles. The van der Waals surface area contributed by atoms with Crippen LogP contribution in [0.3, 0.4) is 0 Å². The molecule has 126 valence electrons. The van der Waals surface area contributed by atoms with Crippen LogP contribution in [0.15, 0.2) is 0 Å². The zero-order chi connectivity index (χ0) is 15.7. The molecule has 1 N–H and O–H groups in total. The standard InChI is InChI=1S/C14H29F3N4/c1-3-19(4-2)7-5-18-6-8-20-9-11-21(12-10-20)13-14(15,16)17/h18H,3-13H2,1-2H3. The second-order valence-corrected chi connectivity index (χ2v) is 5.51. The molecule has 0 saturated carbocycles. The van der Waals surface area contributed by atoms with Crippen LogP contribution in [-0.4, -0.2) is 92.9 Å². The normalized spacial score (nSPS) is 18.6. The number of nitrogens with one attached hydrogen (secondary N) is 1. The Hall–Kier alpha value is -0.370. The fourth-order valence-electron chi connectivity index (χ4n) is 2.56. The van der Waals surface area contributed by atoms with Crippen LogP contribution >= 0.6 is 0 Å². The molecule has 1 rings (SSSR count). The Kier molecular flexibility index (Phi) is 8.55. The molecule has 0 aromatic rings. The number of rotatable bonds is 9. The SMILES string of the molecule is CCN(CC)CCNCCN1CCN(CC(F)(F)F)CC1. The minimum atomic E-state index is -4.08. The van der Waals surface area contributed by atoms with E-state index in [9.17, 15) is 13.2 Å². The third-order valence-electron chi connectivity index (χ3n) is 3.97. The third-order valence-corrected chi connectivity index (χ3v) is 3.97. The lowest BCUT2D eigenvalue weighted by atomic mass is 10.3. The Morgan fingerprint density at radius 3 is 2.05 bits per heavy atom. The number of alkyl halides is 3. The van der Waals surface area contributed by atoms with Gasteiger partial charge in [0.1, 0.15) is 0 Å². The van der Waals surface area contributed by atoms with Crippen molar-refractivity contribution in [2.45, 2.75) is 20.0 Å². The van der Waals surface area contributed by atoms with E-state index >= 15 is 0 Å². The molecule has 1 fully saturated rings. The topological polar surface area (TPSA) is 21.8 Å². The van der Waals surface area contributed by atoms with Gasteiger partial charge in [-0.05, 0) is 13.1 Å². The second-order valence-electron chi connectivity index (χ2n) is 5.51. The van der Waals surface area contributed by atoms with Crippen LogP contribution in [0.4, 0.5) is 13.2 Å².